The standard InChI is InChI=1S/C21H23N5O2S2/c1-25(2)20(28)14-5-3-6-15(11-14)22-19(27)13-30-21-24-23-18(26(21)16-8-9-16)12-17-7-4-10-29-17/h3-7,10-11,16H,8-9,12-13H2,1-2H3,(H,22,27). The minimum Gasteiger partial charge on any atom is -0.345 e. The molecule has 30 heavy (non-hydrogen) atoms. The molecular formula is C21H23N5O2S2. The zero-order valence-electron chi connectivity index (χ0n) is 16.9. The molecular weight excluding hydrogens is 418 g/mol. The van der Waals surface area contributed by atoms with Crippen LogP contribution in [0.25, 0.3) is 0 Å². The second-order valence-corrected chi connectivity index (χ2v) is 9.35. The van der Waals surface area contributed by atoms with Crippen LogP contribution in [-0.2, 0) is 11.2 Å². The molecule has 1 N–H and O–H groups in total. The Morgan fingerprint density at radius 3 is 2.77 bits per heavy atom. The molecule has 1 aliphatic carbocycles. The molecule has 1 saturated carbocycles. The van der Waals surface area contributed by atoms with Crippen molar-refractivity contribution in [1.82, 2.24) is 19.7 Å². The average molecular weight is 442 g/mol. The lowest BCUT2D eigenvalue weighted by Gasteiger charge is -2.12. The maximum absolute atomic E-state index is 12.5. The van der Waals surface area contributed by atoms with Gasteiger partial charge in [0, 0.05) is 42.7 Å². The van der Waals surface area contributed by atoms with Crippen LogP contribution < -0.4 is 5.32 Å². The first-order valence-electron chi connectivity index (χ1n) is 9.72. The van der Waals surface area contributed by atoms with Crippen LogP contribution in [0.4, 0.5) is 5.69 Å². The van der Waals surface area contributed by atoms with E-state index in [0.29, 0.717) is 17.3 Å². The van der Waals surface area contributed by atoms with Crippen molar-refractivity contribution in [1.29, 1.82) is 0 Å². The van der Waals surface area contributed by atoms with Crippen LogP contribution in [0, 0.1) is 0 Å². The largest absolute Gasteiger partial charge is 0.345 e. The molecule has 156 valence electrons. The van der Waals surface area contributed by atoms with Crippen LogP contribution in [-0.4, -0.2) is 51.3 Å². The fourth-order valence-electron chi connectivity index (χ4n) is 3.11. The zero-order chi connectivity index (χ0) is 21.1. The van der Waals surface area contributed by atoms with E-state index in [4.69, 9.17) is 0 Å². The Morgan fingerprint density at radius 1 is 1.23 bits per heavy atom. The van der Waals surface area contributed by atoms with E-state index in [9.17, 15) is 9.59 Å². The van der Waals surface area contributed by atoms with Crippen molar-refractivity contribution in [3.8, 4) is 0 Å². The van der Waals surface area contributed by atoms with Crippen LogP contribution in [0.3, 0.4) is 0 Å². The van der Waals surface area contributed by atoms with Gasteiger partial charge < -0.3 is 14.8 Å². The summed E-state index contributed by atoms with van der Waals surface area (Å²) >= 11 is 3.11. The van der Waals surface area contributed by atoms with Crippen molar-refractivity contribution in [2.24, 2.45) is 0 Å². The lowest BCUT2D eigenvalue weighted by molar-refractivity contribution is -0.113. The van der Waals surface area contributed by atoms with Crippen molar-refractivity contribution < 1.29 is 9.59 Å². The molecule has 1 aromatic carbocycles. The van der Waals surface area contributed by atoms with Gasteiger partial charge in [0.1, 0.15) is 5.82 Å². The molecule has 3 aromatic rings. The van der Waals surface area contributed by atoms with E-state index in [0.717, 1.165) is 30.2 Å². The van der Waals surface area contributed by atoms with Gasteiger partial charge in [-0.1, -0.05) is 23.9 Å². The number of hydrogen-bond donors (Lipinski definition) is 1. The molecule has 1 fully saturated rings. The summed E-state index contributed by atoms with van der Waals surface area (Å²) in [5.74, 6) is 0.948. The van der Waals surface area contributed by atoms with Gasteiger partial charge in [0.15, 0.2) is 5.16 Å². The molecule has 2 heterocycles. The van der Waals surface area contributed by atoms with Crippen LogP contribution >= 0.6 is 23.1 Å². The van der Waals surface area contributed by atoms with E-state index < -0.39 is 0 Å². The van der Waals surface area contributed by atoms with E-state index in [1.807, 2.05) is 6.07 Å². The van der Waals surface area contributed by atoms with E-state index in [2.05, 4.69) is 31.5 Å². The Balaban J connectivity index is 1.39. The number of nitrogens with one attached hydrogen (secondary N) is 1. The Bertz CT molecular complexity index is 1040. The monoisotopic (exact) mass is 441 g/mol. The molecule has 0 saturated heterocycles. The average Bonchev–Trinajstić information content (AvgIpc) is 3.28. The number of anilines is 1. The summed E-state index contributed by atoms with van der Waals surface area (Å²) in [6.45, 7) is 0. The summed E-state index contributed by atoms with van der Waals surface area (Å²) < 4.78 is 2.19. The predicted molar refractivity (Wildman–Crippen MR) is 119 cm³/mol. The summed E-state index contributed by atoms with van der Waals surface area (Å²) in [6.07, 6.45) is 3.02. The highest BCUT2D eigenvalue weighted by molar-refractivity contribution is 7.99. The maximum Gasteiger partial charge on any atom is 0.253 e. The number of hydrogen-bond acceptors (Lipinski definition) is 6. The maximum atomic E-state index is 12.5. The van der Waals surface area contributed by atoms with Gasteiger partial charge in [-0.2, -0.15) is 0 Å². The zero-order valence-corrected chi connectivity index (χ0v) is 18.5. The molecule has 0 atom stereocenters. The van der Waals surface area contributed by atoms with Gasteiger partial charge in [-0.05, 0) is 42.5 Å². The lowest BCUT2D eigenvalue weighted by Crippen LogP contribution is -2.22. The molecule has 0 unspecified atom stereocenters. The van der Waals surface area contributed by atoms with E-state index >= 15 is 0 Å². The number of thiophene rings is 1. The Morgan fingerprint density at radius 2 is 2.07 bits per heavy atom. The summed E-state index contributed by atoms with van der Waals surface area (Å²) in [5.41, 5.74) is 1.15. The molecule has 1 aliphatic rings. The topological polar surface area (TPSA) is 80.1 Å². The molecule has 7 nitrogen and oxygen atoms in total. The van der Waals surface area contributed by atoms with Crippen molar-refractivity contribution in [3.05, 3.63) is 58.0 Å². The second kappa shape index (κ2) is 9.01. The Labute approximate surface area is 183 Å². The molecule has 4 rings (SSSR count). The van der Waals surface area contributed by atoms with Gasteiger partial charge in [0.05, 0.1) is 5.75 Å². The van der Waals surface area contributed by atoms with Gasteiger partial charge >= 0.3 is 0 Å². The number of carbonyl (C=O) groups excluding carboxylic acids is 2. The van der Waals surface area contributed by atoms with Gasteiger partial charge in [0.25, 0.3) is 5.91 Å². The third kappa shape index (κ3) is 4.91. The van der Waals surface area contributed by atoms with Crippen LogP contribution in [0.1, 0.15) is 39.9 Å². The minimum atomic E-state index is -0.139. The molecule has 0 spiro atoms. The lowest BCUT2D eigenvalue weighted by atomic mass is 10.2. The van der Waals surface area contributed by atoms with E-state index in [1.54, 1.807) is 49.7 Å². The van der Waals surface area contributed by atoms with Crippen molar-refractivity contribution in [2.75, 3.05) is 25.2 Å². The molecule has 0 bridgehead atoms. The van der Waals surface area contributed by atoms with Crippen LogP contribution in [0.15, 0.2) is 46.9 Å². The minimum absolute atomic E-state index is 0.101. The number of nitrogens with zero attached hydrogens (tertiary/aromatic N) is 4. The van der Waals surface area contributed by atoms with Gasteiger partial charge in [0.2, 0.25) is 5.91 Å². The number of thioether (sulfide) groups is 1. The van der Waals surface area contributed by atoms with Crippen LogP contribution in [0.5, 0.6) is 0 Å². The molecule has 9 heteroatoms. The first-order chi connectivity index (χ1) is 14.5. The SMILES string of the molecule is CN(C)C(=O)c1cccc(NC(=O)CSc2nnc(Cc3cccs3)n2C2CC2)c1. The highest BCUT2D eigenvalue weighted by Gasteiger charge is 2.30. The normalized spacial score (nSPS) is 13.3. The third-order valence-corrected chi connectivity index (χ3v) is 6.51. The fourth-order valence-corrected chi connectivity index (χ4v) is 4.64. The summed E-state index contributed by atoms with van der Waals surface area (Å²) in [4.78, 5) is 27.4. The van der Waals surface area contributed by atoms with Crippen molar-refractivity contribution in [2.45, 2.75) is 30.5 Å². The Kier molecular flexibility index (Phi) is 6.19. The number of benzene rings is 1. The first-order valence-corrected chi connectivity index (χ1v) is 11.6. The molecule has 0 aliphatic heterocycles. The van der Waals surface area contributed by atoms with Gasteiger partial charge in [-0.25, -0.2) is 0 Å². The van der Waals surface area contributed by atoms with E-state index in [1.165, 1.54) is 21.5 Å². The number of aromatic nitrogens is 3. The van der Waals surface area contributed by atoms with Crippen molar-refractivity contribution in [3.63, 3.8) is 0 Å². The quantitative estimate of drug-likeness (QED) is 0.539. The molecule has 0 radical (unpaired) electrons. The molecule has 2 aromatic heterocycles. The van der Waals surface area contributed by atoms with Crippen molar-refractivity contribution >= 4 is 40.6 Å². The van der Waals surface area contributed by atoms with Gasteiger partial charge in [-0.15, -0.1) is 21.5 Å². The fraction of sp³-hybridized carbons (Fsp3) is 0.333. The summed E-state index contributed by atoms with van der Waals surface area (Å²) in [5, 5.41) is 14.4. The van der Waals surface area contributed by atoms with Crippen LogP contribution in [0.2, 0.25) is 0 Å². The first kappa shape index (κ1) is 20.6. The predicted octanol–water partition coefficient (Wildman–Crippen LogP) is 3.70. The Hall–Kier alpha value is -2.65. The smallest absolute Gasteiger partial charge is 0.253 e. The summed E-state index contributed by atoms with van der Waals surface area (Å²) in [6, 6.07) is 11.6. The number of amides is 2. The highest BCUT2D eigenvalue weighted by atomic mass is 32.2. The number of carbonyl (C=O) groups is 2. The summed E-state index contributed by atoms with van der Waals surface area (Å²) in [7, 11) is 3.40. The van der Waals surface area contributed by atoms with E-state index in [-0.39, 0.29) is 17.6 Å². The van der Waals surface area contributed by atoms with Gasteiger partial charge in [-0.3, -0.25) is 9.59 Å². The second-order valence-electron chi connectivity index (χ2n) is 7.37. The number of rotatable bonds is 8. The highest BCUT2D eigenvalue weighted by Crippen LogP contribution is 2.39. The molecule has 2 amide bonds. The third-order valence-electron chi connectivity index (χ3n) is 4.69.